The van der Waals surface area contributed by atoms with Crippen LogP contribution in [0.2, 0.25) is 0 Å². The van der Waals surface area contributed by atoms with Gasteiger partial charge in [0.25, 0.3) is 11.8 Å². The Morgan fingerprint density at radius 2 is 1.42 bits per heavy atom. The summed E-state index contributed by atoms with van der Waals surface area (Å²) in [4.78, 5) is 52.1. The Bertz CT molecular complexity index is 766. The molecule has 2 aliphatic heterocycles. The minimum atomic E-state index is -1.05. The molecule has 4 amide bonds. The third kappa shape index (κ3) is 6.20. The van der Waals surface area contributed by atoms with E-state index in [0.29, 0.717) is 16.8 Å². The molecule has 2 N–H and O–H groups in total. The molecule has 12 heteroatoms. The van der Waals surface area contributed by atoms with Gasteiger partial charge in [-0.1, -0.05) is 55.9 Å². The molecule has 0 aromatic rings. The van der Waals surface area contributed by atoms with E-state index in [-0.39, 0.29) is 42.3 Å². The van der Waals surface area contributed by atoms with Gasteiger partial charge in [-0.05, 0) is 5.92 Å². The van der Waals surface area contributed by atoms with Crippen LogP contribution in [0.3, 0.4) is 0 Å². The normalized spacial score (nSPS) is 20.0. The quantitative estimate of drug-likeness (QED) is 0.281. The molecule has 0 saturated carbocycles. The van der Waals surface area contributed by atoms with E-state index in [1.54, 1.807) is 19.1 Å². The smallest absolute Gasteiger partial charge is 0.253 e. The summed E-state index contributed by atoms with van der Waals surface area (Å²) >= 11 is 2.40. The molecule has 0 aromatic carbocycles. The zero-order valence-corrected chi connectivity index (χ0v) is 19.1. The van der Waals surface area contributed by atoms with Crippen LogP contribution < -0.4 is 10.9 Å². The molecule has 2 rings (SSSR count). The van der Waals surface area contributed by atoms with Crippen LogP contribution >= 0.6 is 23.5 Å². The van der Waals surface area contributed by atoms with Gasteiger partial charge in [0.05, 0.1) is 11.5 Å². The summed E-state index contributed by atoms with van der Waals surface area (Å²) in [5.41, 5.74) is 4.80. The SMILES string of the molecule is C=CCN1C(=O)CS/C1=N/NC(=O)C(C(=O)N/N=C1/SCC(=O)N1CC=C)C(C)CC. The fraction of sp³-hybridized carbons (Fsp3) is 0.474. The highest BCUT2D eigenvalue weighted by Gasteiger charge is 2.34. The lowest BCUT2D eigenvalue weighted by Crippen LogP contribution is -2.43. The predicted molar refractivity (Wildman–Crippen MR) is 123 cm³/mol. The highest BCUT2D eigenvalue weighted by Crippen LogP contribution is 2.21. The first-order chi connectivity index (χ1) is 14.8. The number of carbonyl (C=O) groups is 4. The first kappa shape index (κ1) is 24.7. The summed E-state index contributed by atoms with van der Waals surface area (Å²) < 4.78 is 0. The summed E-state index contributed by atoms with van der Waals surface area (Å²) in [6.07, 6.45) is 3.71. The molecule has 2 heterocycles. The van der Waals surface area contributed by atoms with Gasteiger partial charge in [0.1, 0.15) is 5.92 Å². The van der Waals surface area contributed by atoms with Crippen LogP contribution in [-0.4, -0.2) is 68.4 Å². The van der Waals surface area contributed by atoms with Crippen molar-refractivity contribution in [3.05, 3.63) is 25.3 Å². The molecule has 31 heavy (non-hydrogen) atoms. The van der Waals surface area contributed by atoms with Crippen LogP contribution in [-0.2, 0) is 19.2 Å². The van der Waals surface area contributed by atoms with Crippen molar-refractivity contribution in [3.8, 4) is 0 Å². The fourth-order valence-electron chi connectivity index (χ4n) is 2.80. The average Bonchev–Trinajstić information content (AvgIpc) is 3.28. The molecular formula is C19H26N6O4S2. The molecule has 10 nitrogen and oxygen atoms in total. The second kappa shape index (κ2) is 11.7. The summed E-state index contributed by atoms with van der Waals surface area (Å²) in [5, 5.41) is 8.76. The minimum absolute atomic E-state index is 0.127. The second-order valence-corrected chi connectivity index (χ2v) is 8.65. The number of thioether (sulfide) groups is 2. The van der Waals surface area contributed by atoms with Crippen molar-refractivity contribution < 1.29 is 19.2 Å². The van der Waals surface area contributed by atoms with Crippen LogP contribution in [0.1, 0.15) is 20.3 Å². The van der Waals surface area contributed by atoms with Crippen molar-refractivity contribution in [1.82, 2.24) is 20.7 Å². The Labute approximate surface area is 189 Å². The van der Waals surface area contributed by atoms with Gasteiger partial charge in [0, 0.05) is 13.1 Å². The van der Waals surface area contributed by atoms with Crippen molar-refractivity contribution in [3.63, 3.8) is 0 Å². The van der Waals surface area contributed by atoms with Crippen LogP contribution in [0.25, 0.3) is 0 Å². The highest BCUT2D eigenvalue weighted by atomic mass is 32.2. The molecule has 2 saturated heterocycles. The van der Waals surface area contributed by atoms with Gasteiger partial charge in [-0.25, -0.2) is 10.9 Å². The monoisotopic (exact) mass is 466 g/mol. The van der Waals surface area contributed by atoms with Gasteiger partial charge < -0.3 is 0 Å². The number of carbonyl (C=O) groups excluding carboxylic acids is 4. The third-order valence-electron chi connectivity index (χ3n) is 4.64. The number of hydrazone groups is 2. The largest absolute Gasteiger partial charge is 0.285 e. The molecule has 0 aliphatic carbocycles. The van der Waals surface area contributed by atoms with E-state index in [9.17, 15) is 19.2 Å². The molecule has 1 unspecified atom stereocenters. The van der Waals surface area contributed by atoms with Gasteiger partial charge in [-0.15, -0.1) is 23.4 Å². The van der Waals surface area contributed by atoms with E-state index in [0.717, 1.165) is 0 Å². The number of nitrogens with one attached hydrogen (secondary N) is 2. The Morgan fingerprint density at radius 3 is 1.77 bits per heavy atom. The van der Waals surface area contributed by atoms with Gasteiger partial charge >= 0.3 is 0 Å². The number of nitrogens with zero attached hydrogens (tertiary/aromatic N) is 4. The number of rotatable bonds is 10. The zero-order valence-electron chi connectivity index (χ0n) is 17.5. The zero-order chi connectivity index (χ0) is 23.0. The number of hydrogen-bond acceptors (Lipinski definition) is 8. The lowest BCUT2D eigenvalue weighted by atomic mass is 9.90. The first-order valence-electron chi connectivity index (χ1n) is 9.67. The summed E-state index contributed by atoms with van der Waals surface area (Å²) in [5.74, 6) is -2.34. The number of amides is 4. The standard InChI is InChI=1S/C19H26N6O4S2/c1-5-8-24-13(26)10-30-18(24)22-20-16(28)15(12(4)7-3)17(29)21-23-19-25(9-6-2)14(27)11-31-19/h5-6,12,15H,1-2,7-11H2,3-4H3,(H,20,28)(H,21,29)/b22-18+,23-19+. The molecule has 2 aliphatic rings. The number of amidine groups is 2. The van der Waals surface area contributed by atoms with E-state index in [4.69, 9.17) is 0 Å². The first-order valence-corrected chi connectivity index (χ1v) is 11.6. The van der Waals surface area contributed by atoms with Crippen LogP contribution in [0.4, 0.5) is 0 Å². The van der Waals surface area contributed by atoms with Crippen LogP contribution in [0, 0.1) is 11.8 Å². The molecule has 2 fully saturated rings. The second-order valence-electron chi connectivity index (χ2n) is 6.77. The Balaban J connectivity index is 2.10. The highest BCUT2D eigenvalue weighted by molar-refractivity contribution is 8.15. The van der Waals surface area contributed by atoms with Gasteiger partial charge in [-0.2, -0.15) is 0 Å². The Morgan fingerprint density at radius 1 is 1.00 bits per heavy atom. The fourth-order valence-corrected chi connectivity index (χ4v) is 4.50. The summed E-state index contributed by atoms with van der Waals surface area (Å²) in [7, 11) is 0. The van der Waals surface area contributed by atoms with Crippen LogP contribution in [0.5, 0.6) is 0 Å². The van der Waals surface area contributed by atoms with E-state index < -0.39 is 17.7 Å². The molecule has 0 spiro atoms. The summed E-state index contributed by atoms with van der Waals surface area (Å²) in [6, 6.07) is 0. The molecule has 168 valence electrons. The maximum atomic E-state index is 12.8. The lowest BCUT2D eigenvalue weighted by molar-refractivity contribution is -0.137. The van der Waals surface area contributed by atoms with Crippen molar-refractivity contribution >= 4 is 57.5 Å². The van der Waals surface area contributed by atoms with Crippen molar-refractivity contribution in [2.45, 2.75) is 20.3 Å². The molecular weight excluding hydrogens is 440 g/mol. The van der Waals surface area contributed by atoms with Crippen LogP contribution in [0.15, 0.2) is 35.5 Å². The van der Waals surface area contributed by atoms with Crippen molar-refractivity contribution in [2.24, 2.45) is 22.0 Å². The molecule has 1 atom stereocenters. The topological polar surface area (TPSA) is 124 Å². The van der Waals surface area contributed by atoms with Gasteiger partial charge in [0.2, 0.25) is 11.8 Å². The van der Waals surface area contributed by atoms with Gasteiger partial charge in [0.15, 0.2) is 10.3 Å². The van der Waals surface area contributed by atoms with Crippen molar-refractivity contribution in [1.29, 1.82) is 0 Å². The molecule has 0 aromatic heterocycles. The maximum Gasteiger partial charge on any atom is 0.253 e. The molecule has 0 bridgehead atoms. The summed E-state index contributed by atoms with van der Waals surface area (Å²) in [6.45, 7) is 11.4. The lowest BCUT2D eigenvalue weighted by Gasteiger charge is -2.20. The van der Waals surface area contributed by atoms with E-state index in [1.165, 1.54) is 33.3 Å². The maximum absolute atomic E-state index is 12.8. The number of hydrogen-bond donors (Lipinski definition) is 2. The van der Waals surface area contributed by atoms with E-state index in [2.05, 4.69) is 34.2 Å². The van der Waals surface area contributed by atoms with Gasteiger partial charge in [-0.3, -0.25) is 29.0 Å². The van der Waals surface area contributed by atoms with E-state index >= 15 is 0 Å². The van der Waals surface area contributed by atoms with E-state index in [1.807, 2.05) is 6.92 Å². The third-order valence-corrected chi connectivity index (χ3v) is 6.56. The average molecular weight is 467 g/mol. The van der Waals surface area contributed by atoms with Crippen molar-refractivity contribution in [2.75, 3.05) is 24.6 Å². The Kier molecular flexibility index (Phi) is 9.31. The predicted octanol–water partition coefficient (Wildman–Crippen LogP) is 0.946. The Hall–Kier alpha value is -2.60. The minimum Gasteiger partial charge on any atom is -0.285 e. The molecule has 0 radical (unpaired) electrons.